The largest absolute Gasteiger partial charge is 0.364 e. The molecule has 1 aliphatic heterocycles. The first-order chi connectivity index (χ1) is 7.43. The van der Waals surface area contributed by atoms with Crippen LogP contribution in [-0.2, 0) is 14.6 Å². The van der Waals surface area contributed by atoms with Crippen molar-refractivity contribution in [2.45, 2.75) is 12.8 Å². The molecule has 1 amide bonds. The summed E-state index contributed by atoms with van der Waals surface area (Å²) in [6.45, 7) is 0. The molecular formula is C8H15N3O3S2. The molecule has 8 heteroatoms. The Morgan fingerprint density at radius 3 is 2.62 bits per heavy atom. The van der Waals surface area contributed by atoms with Crippen LogP contribution in [0.1, 0.15) is 12.8 Å². The molecule has 1 atom stereocenters. The van der Waals surface area contributed by atoms with E-state index in [1.54, 1.807) is 7.05 Å². The van der Waals surface area contributed by atoms with Crippen molar-refractivity contribution in [3.63, 3.8) is 0 Å². The monoisotopic (exact) mass is 265 g/mol. The summed E-state index contributed by atoms with van der Waals surface area (Å²) in [6.07, 6.45) is 0.769. The summed E-state index contributed by atoms with van der Waals surface area (Å²) in [5.41, 5.74) is 4.90. The number of sulfone groups is 1. The maximum atomic E-state index is 11.4. The SMILES string of the molecule is CNC(=S)NNC(=O)C[C@@H]1CCS(=O)(=O)C1. The lowest BCUT2D eigenvalue weighted by Gasteiger charge is -2.10. The summed E-state index contributed by atoms with van der Waals surface area (Å²) in [5.74, 6) is -0.0286. The Morgan fingerprint density at radius 1 is 1.44 bits per heavy atom. The summed E-state index contributed by atoms with van der Waals surface area (Å²) >= 11 is 4.76. The van der Waals surface area contributed by atoms with Crippen LogP contribution in [0.25, 0.3) is 0 Å². The summed E-state index contributed by atoms with van der Waals surface area (Å²) in [4.78, 5) is 11.4. The van der Waals surface area contributed by atoms with Gasteiger partial charge in [0.25, 0.3) is 0 Å². The molecule has 6 nitrogen and oxygen atoms in total. The smallest absolute Gasteiger partial charge is 0.238 e. The number of hydrogen-bond acceptors (Lipinski definition) is 4. The second-order valence-corrected chi connectivity index (χ2v) is 6.36. The van der Waals surface area contributed by atoms with E-state index in [-0.39, 0.29) is 29.8 Å². The minimum Gasteiger partial charge on any atom is -0.364 e. The lowest BCUT2D eigenvalue weighted by atomic mass is 10.1. The standard InChI is InChI=1S/C8H15N3O3S2/c1-9-8(15)11-10-7(12)4-6-2-3-16(13,14)5-6/h6H,2-5H2,1H3,(H,10,12)(H2,9,11,15)/t6-/m0/s1. The zero-order valence-electron chi connectivity index (χ0n) is 8.95. The molecule has 1 heterocycles. The Morgan fingerprint density at radius 2 is 2.12 bits per heavy atom. The Bertz CT molecular complexity index is 380. The third kappa shape index (κ3) is 4.31. The van der Waals surface area contributed by atoms with Crippen LogP contribution in [0.3, 0.4) is 0 Å². The number of carbonyl (C=O) groups excluding carboxylic acids is 1. The first-order valence-electron chi connectivity index (χ1n) is 4.90. The molecule has 0 aromatic rings. The lowest BCUT2D eigenvalue weighted by Crippen LogP contribution is -2.46. The lowest BCUT2D eigenvalue weighted by molar-refractivity contribution is -0.122. The van der Waals surface area contributed by atoms with E-state index in [1.165, 1.54) is 0 Å². The molecule has 0 saturated carbocycles. The normalized spacial score (nSPS) is 22.4. The van der Waals surface area contributed by atoms with Crippen LogP contribution in [0.5, 0.6) is 0 Å². The van der Waals surface area contributed by atoms with E-state index >= 15 is 0 Å². The molecule has 16 heavy (non-hydrogen) atoms. The van der Waals surface area contributed by atoms with E-state index in [1.807, 2.05) is 0 Å². The van der Waals surface area contributed by atoms with Crippen molar-refractivity contribution < 1.29 is 13.2 Å². The van der Waals surface area contributed by atoms with Gasteiger partial charge in [-0.05, 0) is 24.6 Å². The average molecular weight is 265 g/mol. The van der Waals surface area contributed by atoms with Gasteiger partial charge in [-0.1, -0.05) is 0 Å². The fourth-order valence-electron chi connectivity index (χ4n) is 1.54. The summed E-state index contributed by atoms with van der Waals surface area (Å²) < 4.78 is 22.3. The molecule has 0 aromatic heterocycles. The van der Waals surface area contributed by atoms with Gasteiger partial charge in [0.05, 0.1) is 11.5 Å². The van der Waals surface area contributed by atoms with Gasteiger partial charge in [-0.3, -0.25) is 15.6 Å². The molecular weight excluding hydrogens is 250 g/mol. The fraction of sp³-hybridized carbons (Fsp3) is 0.750. The van der Waals surface area contributed by atoms with Crippen LogP contribution in [0.15, 0.2) is 0 Å². The van der Waals surface area contributed by atoms with E-state index in [0.29, 0.717) is 11.5 Å². The highest BCUT2D eigenvalue weighted by atomic mass is 32.2. The molecule has 0 aliphatic carbocycles. The molecule has 1 aliphatic rings. The fourth-order valence-corrected chi connectivity index (χ4v) is 3.45. The number of hydrogen-bond donors (Lipinski definition) is 3. The average Bonchev–Trinajstić information content (AvgIpc) is 2.54. The van der Waals surface area contributed by atoms with E-state index < -0.39 is 9.84 Å². The number of thiocarbonyl (C=S) groups is 1. The highest BCUT2D eigenvalue weighted by Gasteiger charge is 2.29. The van der Waals surface area contributed by atoms with Gasteiger partial charge >= 0.3 is 0 Å². The molecule has 3 N–H and O–H groups in total. The van der Waals surface area contributed by atoms with Crippen molar-refractivity contribution in [3.8, 4) is 0 Å². The maximum absolute atomic E-state index is 11.4. The third-order valence-electron chi connectivity index (χ3n) is 2.34. The predicted octanol–water partition coefficient (Wildman–Crippen LogP) is -1.06. The highest BCUT2D eigenvalue weighted by molar-refractivity contribution is 7.91. The van der Waals surface area contributed by atoms with Crippen molar-refractivity contribution in [2.75, 3.05) is 18.6 Å². The Kier molecular flexibility index (Phi) is 4.48. The predicted molar refractivity (Wildman–Crippen MR) is 64.3 cm³/mol. The quantitative estimate of drug-likeness (QED) is 0.436. The number of hydrazine groups is 1. The van der Waals surface area contributed by atoms with Crippen LogP contribution >= 0.6 is 12.2 Å². The van der Waals surface area contributed by atoms with Crippen LogP contribution in [0.2, 0.25) is 0 Å². The topological polar surface area (TPSA) is 87.3 Å². The molecule has 1 fully saturated rings. The zero-order chi connectivity index (χ0) is 12.2. The number of carbonyl (C=O) groups is 1. The minimum atomic E-state index is -2.92. The minimum absolute atomic E-state index is 0.0741. The number of rotatable bonds is 2. The van der Waals surface area contributed by atoms with Crippen molar-refractivity contribution in [1.82, 2.24) is 16.2 Å². The Balaban J connectivity index is 2.28. The van der Waals surface area contributed by atoms with Gasteiger partial charge in [0.1, 0.15) is 0 Å². The first kappa shape index (κ1) is 13.2. The van der Waals surface area contributed by atoms with Crippen LogP contribution < -0.4 is 16.2 Å². The van der Waals surface area contributed by atoms with Crippen LogP contribution in [0, 0.1) is 5.92 Å². The molecule has 0 aromatic carbocycles. The Hall–Kier alpha value is -0.890. The molecule has 0 spiro atoms. The maximum Gasteiger partial charge on any atom is 0.238 e. The van der Waals surface area contributed by atoms with Gasteiger partial charge in [0, 0.05) is 13.5 Å². The van der Waals surface area contributed by atoms with Gasteiger partial charge in [0.2, 0.25) is 5.91 Å². The third-order valence-corrected chi connectivity index (χ3v) is 4.49. The zero-order valence-corrected chi connectivity index (χ0v) is 10.6. The summed E-state index contributed by atoms with van der Waals surface area (Å²) in [5, 5.41) is 2.95. The van der Waals surface area contributed by atoms with E-state index in [0.717, 1.165) is 0 Å². The van der Waals surface area contributed by atoms with Crippen molar-refractivity contribution in [3.05, 3.63) is 0 Å². The molecule has 0 unspecified atom stereocenters. The van der Waals surface area contributed by atoms with Crippen LogP contribution in [-0.4, -0.2) is 38.0 Å². The van der Waals surface area contributed by atoms with Crippen LogP contribution in [0.4, 0.5) is 0 Å². The van der Waals surface area contributed by atoms with Gasteiger partial charge in [-0.15, -0.1) is 0 Å². The second kappa shape index (κ2) is 5.44. The molecule has 1 saturated heterocycles. The van der Waals surface area contributed by atoms with Gasteiger partial charge in [-0.2, -0.15) is 0 Å². The highest BCUT2D eigenvalue weighted by Crippen LogP contribution is 2.21. The number of nitrogens with one attached hydrogen (secondary N) is 3. The number of amides is 1. The van der Waals surface area contributed by atoms with Gasteiger partial charge in [0.15, 0.2) is 14.9 Å². The van der Waals surface area contributed by atoms with Gasteiger partial charge in [-0.25, -0.2) is 8.42 Å². The van der Waals surface area contributed by atoms with Gasteiger partial charge < -0.3 is 5.32 Å². The van der Waals surface area contributed by atoms with Crippen molar-refractivity contribution in [2.24, 2.45) is 5.92 Å². The van der Waals surface area contributed by atoms with E-state index in [2.05, 4.69) is 16.2 Å². The van der Waals surface area contributed by atoms with Crippen molar-refractivity contribution in [1.29, 1.82) is 0 Å². The van der Waals surface area contributed by atoms with E-state index in [4.69, 9.17) is 12.2 Å². The molecule has 0 radical (unpaired) electrons. The van der Waals surface area contributed by atoms with Crippen molar-refractivity contribution >= 4 is 33.1 Å². The summed E-state index contributed by atoms with van der Waals surface area (Å²) in [7, 11) is -1.29. The first-order valence-corrected chi connectivity index (χ1v) is 7.13. The molecule has 0 bridgehead atoms. The van der Waals surface area contributed by atoms with E-state index in [9.17, 15) is 13.2 Å². The second-order valence-electron chi connectivity index (χ2n) is 3.73. The molecule has 1 rings (SSSR count). The Labute approximate surface area is 100 Å². The summed E-state index contributed by atoms with van der Waals surface area (Å²) in [6, 6.07) is 0. The molecule has 92 valence electrons.